The SMILES string of the molecule is c1ccc(-c2ccc3c(c2)N(c2ccccc2)c2cccc4c2B3c2ccccc2S4(c2ccccc2)c2ccccc2)cc1. The first-order chi connectivity index (χ1) is 22.4. The van der Waals surface area contributed by atoms with Gasteiger partial charge in [-0.3, -0.25) is 0 Å². The van der Waals surface area contributed by atoms with Crippen molar-refractivity contribution in [2.75, 3.05) is 4.90 Å². The molecule has 0 N–H and O–H groups in total. The quantitative estimate of drug-likeness (QED) is 0.184. The van der Waals surface area contributed by atoms with Gasteiger partial charge >= 0.3 is 0 Å². The molecule has 0 aliphatic carbocycles. The van der Waals surface area contributed by atoms with Crippen molar-refractivity contribution in [2.45, 2.75) is 19.6 Å². The average Bonchev–Trinajstić information content (AvgIpc) is 3.13. The van der Waals surface area contributed by atoms with Gasteiger partial charge in [0.15, 0.2) is 0 Å². The lowest BCUT2D eigenvalue weighted by Gasteiger charge is -2.51. The molecule has 45 heavy (non-hydrogen) atoms. The van der Waals surface area contributed by atoms with Crippen molar-refractivity contribution in [3.05, 3.63) is 182 Å². The zero-order chi connectivity index (χ0) is 29.8. The van der Waals surface area contributed by atoms with Crippen LogP contribution in [0.3, 0.4) is 0 Å². The highest BCUT2D eigenvalue weighted by molar-refractivity contribution is 8.34. The highest BCUT2D eigenvalue weighted by atomic mass is 32.3. The first-order valence-corrected chi connectivity index (χ1v) is 17.2. The van der Waals surface area contributed by atoms with Gasteiger partial charge in [0.2, 0.25) is 6.71 Å². The van der Waals surface area contributed by atoms with Gasteiger partial charge in [-0.2, -0.15) is 0 Å². The molecular formula is C42H30BNS. The van der Waals surface area contributed by atoms with Crippen molar-refractivity contribution in [1.82, 2.24) is 0 Å². The lowest BCUT2D eigenvalue weighted by molar-refractivity contribution is 1.22. The van der Waals surface area contributed by atoms with E-state index in [9.17, 15) is 0 Å². The van der Waals surface area contributed by atoms with Gasteiger partial charge in [-0.25, -0.2) is 0 Å². The number of fused-ring (bicyclic) bond motifs is 4. The van der Waals surface area contributed by atoms with Crippen molar-refractivity contribution in [1.29, 1.82) is 0 Å². The Hall–Kier alpha value is -5.25. The molecule has 0 amide bonds. The second-order valence-electron chi connectivity index (χ2n) is 11.7. The molecule has 0 saturated carbocycles. The molecule has 0 radical (unpaired) electrons. The van der Waals surface area contributed by atoms with Crippen LogP contribution in [-0.2, 0) is 0 Å². The van der Waals surface area contributed by atoms with Crippen molar-refractivity contribution in [3.63, 3.8) is 0 Å². The van der Waals surface area contributed by atoms with Gasteiger partial charge in [0.05, 0.1) is 0 Å². The number of rotatable bonds is 4. The Morgan fingerprint density at radius 3 is 1.67 bits per heavy atom. The minimum atomic E-state index is -1.79. The van der Waals surface area contributed by atoms with Crippen molar-refractivity contribution >= 4 is 50.2 Å². The molecule has 0 atom stereocenters. The van der Waals surface area contributed by atoms with E-state index >= 15 is 0 Å². The van der Waals surface area contributed by atoms with Gasteiger partial charge in [0.25, 0.3) is 0 Å². The smallest absolute Gasteiger partial charge is 0.249 e. The number of para-hydroxylation sites is 1. The molecule has 1 nitrogen and oxygen atoms in total. The molecule has 0 spiro atoms. The zero-order valence-electron chi connectivity index (χ0n) is 24.8. The number of hydrogen-bond acceptors (Lipinski definition) is 1. The Balaban J connectivity index is 1.42. The maximum absolute atomic E-state index is 2.51. The van der Waals surface area contributed by atoms with Crippen molar-refractivity contribution in [3.8, 4) is 11.1 Å². The topological polar surface area (TPSA) is 3.24 Å². The average molecular weight is 592 g/mol. The Kier molecular flexibility index (Phi) is 6.07. The van der Waals surface area contributed by atoms with Crippen LogP contribution in [0.25, 0.3) is 11.1 Å². The molecule has 2 aliphatic rings. The van der Waals surface area contributed by atoms with Gasteiger partial charge < -0.3 is 4.90 Å². The largest absolute Gasteiger partial charge is 0.311 e. The molecule has 3 heteroatoms. The maximum atomic E-state index is 2.51. The van der Waals surface area contributed by atoms with Gasteiger partial charge in [0.1, 0.15) is 0 Å². The molecule has 7 aromatic carbocycles. The van der Waals surface area contributed by atoms with Crippen molar-refractivity contribution < 1.29 is 0 Å². The predicted molar refractivity (Wildman–Crippen MR) is 191 cm³/mol. The van der Waals surface area contributed by atoms with E-state index < -0.39 is 10.0 Å². The van der Waals surface area contributed by atoms with Crippen LogP contribution >= 0.6 is 10.0 Å². The molecule has 212 valence electrons. The summed E-state index contributed by atoms with van der Waals surface area (Å²) in [6.45, 7) is 0.125. The van der Waals surface area contributed by atoms with E-state index in [1.54, 1.807) is 0 Å². The summed E-state index contributed by atoms with van der Waals surface area (Å²) in [5.41, 5.74) is 10.3. The molecule has 0 saturated heterocycles. The minimum Gasteiger partial charge on any atom is -0.311 e. The third kappa shape index (κ3) is 3.84. The van der Waals surface area contributed by atoms with Crippen LogP contribution < -0.4 is 21.3 Å². The lowest BCUT2D eigenvalue weighted by atomic mass is 9.35. The predicted octanol–water partition coefficient (Wildman–Crippen LogP) is 9.31. The van der Waals surface area contributed by atoms with Crippen LogP contribution in [0.4, 0.5) is 17.1 Å². The van der Waals surface area contributed by atoms with Crippen molar-refractivity contribution in [2.24, 2.45) is 0 Å². The van der Waals surface area contributed by atoms with Gasteiger partial charge in [0, 0.05) is 26.9 Å². The van der Waals surface area contributed by atoms with E-state index in [1.807, 2.05) is 0 Å². The zero-order valence-corrected chi connectivity index (χ0v) is 25.6. The molecule has 0 unspecified atom stereocenters. The van der Waals surface area contributed by atoms with E-state index in [-0.39, 0.29) is 6.71 Å². The van der Waals surface area contributed by atoms with E-state index in [2.05, 4.69) is 187 Å². The molecule has 2 aliphatic heterocycles. The molecule has 2 heterocycles. The second kappa shape index (κ2) is 10.4. The normalized spacial score (nSPS) is 14.6. The fraction of sp³-hybridized carbons (Fsp3) is 0. The fourth-order valence-corrected chi connectivity index (χ4v) is 11.9. The summed E-state index contributed by atoms with van der Waals surface area (Å²) in [6.07, 6.45) is 0. The van der Waals surface area contributed by atoms with Crippen LogP contribution in [0.1, 0.15) is 0 Å². The summed E-state index contributed by atoms with van der Waals surface area (Å²) in [4.78, 5) is 8.10. The lowest BCUT2D eigenvalue weighted by Crippen LogP contribution is -2.61. The molecule has 0 fully saturated rings. The van der Waals surface area contributed by atoms with E-state index in [0.717, 1.165) is 0 Å². The third-order valence-corrected chi connectivity index (χ3v) is 13.4. The van der Waals surface area contributed by atoms with Crippen LogP contribution in [0.15, 0.2) is 202 Å². The van der Waals surface area contributed by atoms with Crippen LogP contribution in [0.2, 0.25) is 0 Å². The Morgan fingerprint density at radius 2 is 0.978 bits per heavy atom. The highest BCUT2D eigenvalue weighted by Gasteiger charge is 2.48. The summed E-state index contributed by atoms with van der Waals surface area (Å²) in [5, 5.41) is 0. The monoisotopic (exact) mass is 591 g/mol. The first kappa shape index (κ1) is 26.2. The molecular weight excluding hydrogens is 561 g/mol. The summed E-state index contributed by atoms with van der Waals surface area (Å²) >= 11 is 0. The Morgan fingerprint density at radius 1 is 0.400 bits per heavy atom. The van der Waals surface area contributed by atoms with Crippen LogP contribution in [0.5, 0.6) is 0 Å². The number of nitrogens with zero attached hydrogens (tertiary/aromatic N) is 1. The molecule has 0 bridgehead atoms. The van der Waals surface area contributed by atoms with Gasteiger partial charge in [-0.15, -0.1) is 10.0 Å². The minimum absolute atomic E-state index is 0.125. The maximum Gasteiger partial charge on any atom is 0.249 e. The second-order valence-corrected chi connectivity index (χ2v) is 14.8. The fourth-order valence-electron chi connectivity index (χ4n) is 7.55. The summed E-state index contributed by atoms with van der Waals surface area (Å²) in [7, 11) is -1.79. The Bertz CT molecular complexity index is 2130. The molecule has 7 aromatic rings. The highest BCUT2D eigenvalue weighted by Crippen LogP contribution is 2.74. The number of hydrogen-bond donors (Lipinski definition) is 0. The third-order valence-electron chi connectivity index (χ3n) is 9.36. The van der Waals surface area contributed by atoms with Gasteiger partial charge in [-0.05, 0) is 92.5 Å². The summed E-state index contributed by atoms with van der Waals surface area (Å²) in [5.74, 6) is 0. The van der Waals surface area contributed by atoms with E-state index in [0.29, 0.717) is 0 Å². The summed E-state index contributed by atoms with van der Waals surface area (Å²) in [6, 6.07) is 67.5. The summed E-state index contributed by atoms with van der Waals surface area (Å²) < 4.78 is 0. The molecule has 0 aromatic heterocycles. The van der Waals surface area contributed by atoms with E-state index in [4.69, 9.17) is 0 Å². The number of anilines is 3. The standard InChI is InChI=1S/C42H30BNS/c1-5-16-31(17-6-1)32-28-29-36-39(30-32)44(33-18-7-2-8-19-33)38-25-15-27-41-42(38)43(36)37-24-13-14-26-40(37)45(41,34-20-9-3-10-21-34)35-22-11-4-12-23-35/h1-30H. The van der Waals surface area contributed by atoms with E-state index in [1.165, 1.54) is 64.2 Å². The van der Waals surface area contributed by atoms with Gasteiger partial charge in [-0.1, -0.05) is 127 Å². The first-order valence-electron chi connectivity index (χ1n) is 15.6. The Labute approximate surface area is 266 Å². The molecule has 9 rings (SSSR count). The van der Waals surface area contributed by atoms with Crippen LogP contribution in [0, 0.1) is 0 Å². The number of benzene rings is 7. The van der Waals surface area contributed by atoms with Crippen LogP contribution in [-0.4, -0.2) is 6.71 Å².